The van der Waals surface area contributed by atoms with Crippen LogP contribution in [0.4, 0.5) is 0 Å². The van der Waals surface area contributed by atoms with Crippen molar-refractivity contribution in [1.29, 1.82) is 5.26 Å². The molecule has 0 rings (SSSR count). The number of hydrogen-bond acceptors (Lipinski definition) is 3. The summed E-state index contributed by atoms with van der Waals surface area (Å²) in [5.74, 6) is 0. The predicted octanol–water partition coefficient (Wildman–Crippen LogP) is 1.61. The Kier molecular flexibility index (Phi) is 8.61. The summed E-state index contributed by atoms with van der Waals surface area (Å²) in [4.78, 5) is 2.28. The van der Waals surface area contributed by atoms with Crippen molar-refractivity contribution < 1.29 is 0 Å². The minimum Gasteiger partial charge on any atom is -0.306 e. The van der Waals surface area contributed by atoms with Gasteiger partial charge in [0.15, 0.2) is 0 Å². The van der Waals surface area contributed by atoms with Crippen LogP contribution in [0.3, 0.4) is 0 Å². The molecule has 0 bridgehead atoms. The maximum Gasteiger partial charge on any atom is 0.0965 e. The molecule has 0 fully saturated rings. The fraction of sp³-hybridized carbons (Fsp3) is 0.909. The maximum absolute atomic E-state index is 8.86. The second-order valence-electron chi connectivity index (χ2n) is 3.73. The summed E-state index contributed by atoms with van der Waals surface area (Å²) in [6.45, 7) is 7.35. The van der Waals surface area contributed by atoms with Gasteiger partial charge in [0.05, 0.1) is 12.1 Å². The highest BCUT2D eigenvalue weighted by molar-refractivity contribution is 4.89. The lowest BCUT2D eigenvalue weighted by Gasteiger charge is -2.17. The molecule has 0 aromatic rings. The first-order valence-corrected chi connectivity index (χ1v) is 5.56. The molecule has 0 aliphatic heterocycles. The topological polar surface area (TPSA) is 39.1 Å². The van der Waals surface area contributed by atoms with E-state index in [-0.39, 0.29) is 6.04 Å². The van der Waals surface area contributed by atoms with Crippen LogP contribution in [0.1, 0.15) is 33.1 Å². The van der Waals surface area contributed by atoms with Gasteiger partial charge >= 0.3 is 0 Å². The van der Waals surface area contributed by atoms with E-state index in [4.69, 9.17) is 5.26 Å². The first kappa shape index (κ1) is 13.4. The van der Waals surface area contributed by atoms with Crippen LogP contribution in [-0.2, 0) is 0 Å². The molecule has 0 radical (unpaired) electrons. The molecule has 0 aliphatic carbocycles. The largest absolute Gasteiger partial charge is 0.306 e. The Morgan fingerprint density at radius 1 is 1.29 bits per heavy atom. The fourth-order valence-electron chi connectivity index (χ4n) is 1.37. The summed E-state index contributed by atoms with van der Waals surface area (Å²) in [5, 5.41) is 12.1. The molecule has 0 saturated heterocycles. The average molecular weight is 197 g/mol. The average Bonchev–Trinajstić information content (AvgIpc) is 2.19. The van der Waals surface area contributed by atoms with Gasteiger partial charge in [-0.2, -0.15) is 5.26 Å². The van der Waals surface area contributed by atoms with Gasteiger partial charge in [0, 0.05) is 6.54 Å². The van der Waals surface area contributed by atoms with E-state index in [0.717, 1.165) is 32.5 Å². The summed E-state index contributed by atoms with van der Waals surface area (Å²) in [6.07, 6.45) is 3.19. The van der Waals surface area contributed by atoms with Crippen LogP contribution in [0.5, 0.6) is 0 Å². The number of nitrogens with one attached hydrogen (secondary N) is 1. The van der Waals surface area contributed by atoms with Crippen LogP contribution >= 0.6 is 0 Å². The molecule has 82 valence electrons. The van der Waals surface area contributed by atoms with E-state index in [1.165, 1.54) is 6.42 Å². The lowest BCUT2D eigenvalue weighted by molar-refractivity contribution is 0.318. The second-order valence-corrected chi connectivity index (χ2v) is 3.73. The zero-order chi connectivity index (χ0) is 10.8. The lowest BCUT2D eigenvalue weighted by Crippen LogP contribution is -2.32. The molecule has 1 N–H and O–H groups in total. The van der Waals surface area contributed by atoms with Crippen molar-refractivity contribution in [3.8, 4) is 6.07 Å². The van der Waals surface area contributed by atoms with Crippen molar-refractivity contribution in [3.63, 3.8) is 0 Å². The zero-order valence-electron chi connectivity index (χ0n) is 9.71. The molecule has 1 atom stereocenters. The molecular weight excluding hydrogens is 174 g/mol. The van der Waals surface area contributed by atoms with Crippen LogP contribution in [0.2, 0.25) is 0 Å². The Morgan fingerprint density at radius 2 is 2.00 bits per heavy atom. The summed E-state index contributed by atoms with van der Waals surface area (Å²) < 4.78 is 0. The maximum atomic E-state index is 8.86. The van der Waals surface area contributed by atoms with Crippen molar-refractivity contribution in [3.05, 3.63) is 0 Å². The normalized spacial score (nSPS) is 12.8. The molecule has 3 nitrogen and oxygen atoms in total. The van der Waals surface area contributed by atoms with E-state index in [2.05, 4.69) is 37.2 Å². The van der Waals surface area contributed by atoms with Gasteiger partial charge in [-0.25, -0.2) is 0 Å². The molecule has 0 aromatic heterocycles. The molecule has 14 heavy (non-hydrogen) atoms. The Hall–Kier alpha value is -0.590. The molecule has 0 spiro atoms. The molecule has 0 saturated carbocycles. The van der Waals surface area contributed by atoms with Gasteiger partial charge in [-0.05, 0) is 39.4 Å². The summed E-state index contributed by atoms with van der Waals surface area (Å²) in [5.41, 5.74) is 0. The van der Waals surface area contributed by atoms with Gasteiger partial charge in [0.1, 0.15) is 0 Å². The quantitative estimate of drug-likeness (QED) is 0.642. The van der Waals surface area contributed by atoms with E-state index in [1.54, 1.807) is 0 Å². The number of nitrogens with zero attached hydrogens (tertiary/aromatic N) is 2. The highest BCUT2D eigenvalue weighted by atomic mass is 15.1. The molecule has 0 aromatic carbocycles. The highest BCUT2D eigenvalue weighted by Crippen LogP contribution is 1.95. The smallest absolute Gasteiger partial charge is 0.0965 e. The second kappa shape index (κ2) is 8.98. The molecule has 1 unspecified atom stereocenters. The third kappa shape index (κ3) is 6.88. The Labute approximate surface area is 88.1 Å². The van der Waals surface area contributed by atoms with E-state index in [0.29, 0.717) is 0 Å². The summed E-state index contributed by atoms with van der Waals surface area (Å²) in [7, 11) is 2.11. The van der Waals surface area contributed by atoms with Crippen molar-refractivity contribution in [2.45, 2.75) is 39.2 Å². The summed E-state index contributed by atoms with van der Waals surface area (Å²) >= 11 is 0. The fourth-order valence-corrected chi connectivity index (χ4v) is 1.37. The monoisotopic (exact) mass is 197 g/mol. The molecule has 3 heteroatoms. The molecule has 0 amide bonds. The van der Waals surface area contributed by atoms with Gasteiger partial charge in [0.25, 0.3) is 0 Å². The molecule has 0 aliphatic rings. The van der Waals surface area contributed by atoms with E-state index < -0.39 is 0 Å². The van der Waals surface area contributed by atoms with Crippen molar-refractivity contribution in [2.24, 2.45) is 0 Å². The number of nitriles is 1. The van der Waals surface area contributed by atoms with E-state index in [9.17, 15) is 0 Å². The molecule has 0 heterocycles. The number of rotatable bonds is 8. The third-order valence-corrected chi connectivity index (χ3v) is 2.20. The summed E-state index contributed by atoms with van der Waals surface area (Å²) in [6, 6.07) is 2.32. The zero-order valence-corrected chi connectivity index (χ0v) is 9.71. The van der Waals surface area contributed by atoms with Crippen LogP contribution in [0, 0.1) is 11.3 Å². The predicted molar refractivity (Wildman–Crippen MR) is 60.1 cm³/mol. The van der Waals surface area contributed by atoms with Gasteiger partial charge in [-0.1, -0.05) is 13.8 Å². The van der Waals surface area contributed by atoms with E-state index >= 15 is 0 Å². The standard InChI is InChI=1S/C11H23N3/c1-4-7-13-11(10-12)6-9-14(3)8-5-2/h11,13H,4-9H2,1-3H3. The van der Waals surface area contributed by atoms with E-state index in [1.807, 2.05) is 0 Å². The van der Waals surface area contributed by atoms with Gasteiger partial charge in [-0.15, -0.1) is 0 Å². The van der Waals surface area contributed by atoms with Gasteiger partial charge in [0.2, 0.25) is 0 Å². The Morgan fingerprint density at radius 3 is 2.50 bits per heavy atom. The van der Waals surface area contributed by atoms with Crippen LogP contribution < -0.4 is 5.32 Å². The van der Waals surface area contributed by atoms with Crippen LogP contribution in [0.15, 0.2) is 0 Å². The first-order chi connectivity index (χ1) is 6.74. The molecular formula is C11H23N3. The minimum atomic E-state index is 0.0225. The Balaban J connectivity index is 3.57. The Bertz CT molecular complexity index is 162. The highest BCUT2D eigenvalue weighted by Gasteiger charge is 2.06. The lowest BCUT2D eigenvalue weighted by atomic mass is 10.2. The van der Waals surface area contributed by atoms with Crippen molar-refractivity contribution >= 4 is 0 Å². The van der Waals surface area contributed by atoms with Crippen molar-refractivity contribution in [2.75, 3.05) is 26.7 Å². The minimum absolute atomic E-state index is 0.0225. The SMILES string of the molecule is CCCNC(C#N)CCN(C)CCC. The van der Waals surface area contributed by atoms with Gasteiger partial charge in [-0.3, -0.25) is 0 Å². The van der Waals surface area contributed by atoms with Crippen LogP contribution in [0.25, 0.3) is 0 Å². The van der Waals surface area contributed by atoms with Crippen molar-refractivity contribution in [1.82, 2.24) is 10.2 Å². The number of hydrogen-bond donors (Lipinski definition) is 1. The van der Waals surface area contributed by atoms with Gasteiger partial charge < -0.3 is 10.2 Å². The van der Waals surface area contributed by atoms with Crippen LogP contribution in [-0.4, -0.2) is 37.6 Å². The third-order valence-electron chi connectivity index (χ3n) is 2.20. The first-order valence-electron chi connectivity index (χ1n) is 5.56.